The summed E-state index contributed by atoms with van der Waals surface area (Å²) in [5.74, 6) is 1.07. The lowest BCUT2D eigenvalue weighted by Crippen LogP contribution is -2.51. The van der Waals surface area contributed by atoms with Crippen LogP contribution in [0.15, 0.2) is 35.5 Å². The Morgan fingerprint density at radius 2 is 1.97 bits per heavy atom. The van der Waals surface area contributed by atoms with Gasteiger partial charge in [0.2, 0.25) is 15.9 Å². The molecule has 1 saturated carbocycles. The van der Waals surface area contributed by atoms with Gasteiger partial charge < -0.3 is 19.6 Å². The molecule has 2 fully saturated rings. The number of aliphatic hydroxyl groups excluding tert-OH is 1. The number of nitrogens with zero attached hydrogens (tertiary/aromatic N) is 4. The second-order valence-electron chi connectivity index (χ2n) is 11.1. The van der Waals surface area contributed by atoms with Crippen molar-refractivity contribution in [3.63, 3.8) is 0 Å². The number of benzene rings is 1. The summed E-state index contributed by atoms with van der Waals surface area (Å²) < 4.78 is 37.0. The van der Waals surface area contributed by atoms with Crippen LogP contribution in [0.5, 0.6) is 5.75 Å². The van der Waals surface area contributed by atoms with Crippen LogP contribution in [-0.2, 0) is 21.9 Å². The van der Waals surface area contributed by atoms with Crippen LogP contribution in [-0.4, -0.2) is 91.5 Å². The molecule has 11 heteroatoms. The molecule has 0 bridgehead atoms. The van der Waals surface area contributed by atoms with E-state index < -0.39 is 16.1 Å². The zero-order valence-electron chi connectivity index (χ0n) is 21.6. The topological polar surface area (TPSA) is 117 Å². The van der Waals surface area contributed by atoms with Crippen molar-refractivity contribution in [1.82, 2.24) is 24.3 Å². The number of sulfonamides is 1. The standard InChI is InChI=1S/C26H37N5O5S/c1-29-16-22(32)14-28-37(34,35)24-6-5-20(21-13-27-30(2)15-21)12-23(24)36-18-26(17-29)7-9-31(10-8-26)25(33)11-19-3-4-19/h5-6,12-13,15,19,22,28,32H,3-4,7-11,14,16-18H2,1-2H3. The highest BCUT2D eigenvalue weighted by Crippen LogP contribution is 2.38. The third-order valence-electron chi connectivity index (χ3n) is 7.78. The molecule has 1 unspecified atom stereocenters. The molecule has 3 heterocycles. The Balaban J connectivity index is 1.43. The number of aromatic nitrogens is 2. The summed E-state index contributed by atoms with van der Waals surface area (Å²) >= 11 is 0. The van der Waals surface area contributed by atoms with Crippen molar-refractivity contribution in [2.24, 2.45) is 18.4 Å². The maximum atomic E-state index is 13.2. The van der Waals surface area contributed by atoms with E-state index in [1.807, 2.05) is 30.1 Å². The van der Waals surface area contributed by atoms with Gasteiger partial charge in [0.25, 0.3) is 0 Å². The van der Waals surface area contributed by atoms with Gasteiger partial charge in [-0.3, -0.25) is 9.48 Å². The van der Waals surface area contributed by atoms with Gasteiger partial charge in [-0.2, -0.15) is 5.10 Å². The predicted octanol–water partition coefficient (Wildman–Crippen LogP) is 1.46. The molecule has 2 aliphatic heterocycles. The number of fused-ring (bicyclic) bond motifs is 1. The van der Waals surface area contributed by atoms with Crippen LogP contribution >= 0.6 is 0 Å². The molecule has 1 aromatic carbocycles. The zero-order valence-corrected chi connectivity index (χ0v) is 22.4. The van der Waals surface area contributed by atoms with E-state index >= 15 is 0 Å². The Kier molecular flexibility index (Phi) is 7.32. The monoisotopic (exact) mass is 531 g/mol. The number of carbonyl (C=O) groups excluding carboxylic acids is 1. The fraction of sp³-hybridized carbons (Fsp3) is 0.615. The molecule has 202 valence electrons. The number of hydrogen-bond donors (Lipinski definition) is 2. The number of aliphatic hydroxyl groups is 1. The van der Waals surface area contributed by atoms with Gasteiger partial charge in [-0.15, -0.1) is 0 Å². The first kappa shape index (κ1) is 26.1. The Labute approximate surface area is 218 Å². The SMILES string of the molecule is CN1CC(O)CNS(=O)(=O)c2ccc(-c3cnn(C)c3)cc2OCC2(CCN(C(=O)CC3CC3)CC2)C1. The fourth-order valence-corrected chi connectivity index (χ4v) is 6.64. The van der Waals surface area contributed by atoms with E-state index in [-0.39, 0.29) is 28.5 Å². The number of rotatable bonds is 3. The Hall–Kier alpha value is -2.47. The first-order chi connectivity index (χ1) is 17.6. The van der Waals surface area contributed by atoms with Crippen molar-refractivity contribution in [3.05, 3.63) is 30.6 Å². The number of amides is 1. The number of β-amino-alcohol motifs (C(OH)–C–C–N with tert-alkyl or cyclic N) is 1. The average molecular weight is 532 g/mol. The van der Waals surface area contributed by atoms with Crippen LogP contribution in [0, 0.1) is 11.3 Å². The largest absolute Gasteiger partial charge is 0.492 e. The number of hydrogen-bond acceptors (Lipinski definition) is 7. The number of likely N-dealkylation sites (N-methyl/N-ethyl adjacent to an activating group) is 1. The summed E-state index contributed by atoms with van der Waals surface area (Å²) in [6.45, 7) is 2.56. The van der Waals surface area contributed by atoms with Crippen molar-refractivity contribution in [1.29, 1.82) is 0 Å². The summed E-state index contributed by atoms with van der Waals surface area (Å²) in [6, 6.07) is 5.05. The molecule has 1 aliphatic carbocycles. The molecular weight excluding hydrogens is 494 g/mol. The van der Waals surface area contributed by atoms with Gasteiger partial charge in [-0.1, -0.05) is 6.07 Å². The highest BCUT2D eigenvalue weighted by Gasteiger charge is 2.39. The zero-order chi connectivity index (χ0) is 26.2. The highest BCUT2D eigenvalue weighted by molar-refractivity contribution is 7.89. The molecule has 2 N–H and O–H groups in total. The lowest BCUT2D eigenvalue weighted by molar-refractivity contribution is -0.134. The van der Waals surface area contributed by atoms with E-state index in [2.05, 4.69) is 9.82 Å². The number of aryl methyl sites for hydroxylation is 1. The molecule has 2 aromatic rings. The van der Waals surface area contributed by atoms with Gasteiger partial charge in [0.15, 0.2) is 0 Å². The van der Waals surface area contributed by atoms with E-state index in [0.717, 1.165) is 36.8 Å². The predicted molar refractivity (Wildman–Crippen MR) is 138 cm³/mol. The van der Waals surface area contributed by atoms with Gasteiger partial charge >= 0.3 is 0 Å². The summed E-state index contributed by atoms with van der Waals surface area (Å²) in [7, 11) is -0.145. The fourth-order valence-electron chi connectivity index (χ4n) is 5.45. The molecular formula is C26H37N5O5S. The van der Waals surface area contributed by atoms with Crippen LogP contribution in [0.25, 0.3) is 11.1 Å². The van der Waals surface area contributed by atoms with Crippen LogP contribution in [0.3, 0.4) is 0 Å². The van der Waals surface area contributed by atoms with Gasteiger partial charge in [0.1, 0.15) is 10.6 Å². The number of carbonyl (C=O) groups is 1. The van der Waals surface area contributed by atoms with Crippen LogP contribution < -0.4 is 9.46 Å². The second kappa shape index (κ2) is 10.4. The third-order valence-corrected chi connectivity index (χ3v) is 9.24. The third kappa shape index (κ3) is 6.17. The van der Waals surface area contributed by atoms with E-state index in [1.165, 1.54) is 0 Å². The second-order valence-corrected chi connectivity index (χ2v) is 12.8. The Bertz CT molecular complexity index is 1230. The van der Waals surface area contributed by atoms with E-state index in [0.29, 0.717) is 45.1 Å². The Morgan fingerprint density at radius 1 is 1.22 bits per heavy atom. The Morgan fingerprint density at radius 3 is 2.65 bits per heavy atom. The summed E-state index contributed by atoms with van der Waals surface area (Å²) in [5, 5.41) is 14.8. The molecule has 0 radical (unpaired) electrons. The van der Waals surface area contributed by atoms with E-state index in [9.17, 15) is 18.3 Å². The molecule has 10 nitrogen and oxygen atoms in total. The number of nitrogens with one attached hydrogen (secondary N) is 1. The van der Waals surface area contributed by atoms with E-state index in [4.69, 9.17) is 4.74 Å². The van der Waals surface area contributed by atoms with Crippen LogP contribution in [0.2, 0.25) is 0 Å². The van der Waals surface area contributed by atoms with E-state index in [1.54, 1.807) is 29.1 Å². The molecule has 3 aliphatic rings. The van der Waals surface area contributed by atoms with Gasteiger partial charge in [-0.05, 0) is 56.3 Å². The molecule has 5 rings (SSSR count). The minimum Gasteiger partial charge on any atom is -0.492 e. The normalized spacial score (nSPS) is 24.5. The molecule has 1 saturated heterocycles. The summed E-state index contributed by atoms with van der Waals surface area (Å²) in [4.78, 5) is 16.8. The van der Waals surface area contributed by atoms with Crippen molar-refractivity contribution in [3.8, 4) is 16.9 Å². The average Bonchev–Trinajstić information content (AvgIpc) is 3.57. The molecule has 1 amide bonds. The number of likely N-dealkylation sites (tertiary alicyclic amines) is 1. The summed E-state index contributed by atoms with van der Waals surface area (Å²) in [5.41, 5.74) is 1.39. The van der Waals surface area contributed by atoms with Gasteiger partial charge in [0, 0.05) is 63.4 Å². The number of piperidine rings is 1. The first-order valence-electron chi connectivity index (χ1n) is 13.0. The van der Waals surface area contributed by atoms with Crippen molar-refractivity contribution < 1.29 is 23.1 Å². The quantitative estimate of drug-likeness (QED) is 0.616. The first-order valence-corrected chi connectivity index (χ1v) is 14.5. The molecule has 1 aromatic heterocycles. The number of ether oxygens (including phenoxy) is 1. The van der Waals surface area contributed by atoms with Gasteiger partial charge in [-0.25, -0.2) is 13.1 Å². The maximum absolute atomic E-state index is 13.2. The van der Waals surface area contributed by atoms with Crippen molar-refractivity contribution >= 4 is 15.9 Å². The molecule has 1 atom stereocenters. The summed E-state index contributed by atoms with van der Waals surface area (Å²) in [6.07, 6.45) is 7.21. The molecule has 37 heavy (non-hydrogen) atoms. The van der Waals surface area contributed by atoms with Crippen molar-refractivity contribution in [2.45, 2.75) is 43.1 Å². The molecule has 1 spiro atoms. The maximum Gasteiger partial charge on any atom is 0.244 e. The highest BCUT2D eigenvalue weighted by atomic mass is 32.2. The lowest BCUT2D eigenvalue weighted by Gasteiger charge is -2.44. The minimum absolute atomic E-state index is 0.0495. The van der Waals surface area contributed by atoms with Crippen LogP contribution in [0.4, 0.5) is 0 Å². The van der Waals surface area contributed by atoms with Crippen molar-refractivity contribution in [2.75, 3.05) is 46.4 Å². The smallest absolute Gasteiger partial charge is 0.244 e. The lowest BCUT2D eigenvalue weighted by atomic mass is 9.78. The van der Waals surface area contributed by atoms with Crippen LogP contribution in [0.1, 0.15) is 32.1 Å². The van der Waals surface area contributed by atoms with Gasteiger partial charge in [0.05, 0.1) is 18.9 Å². The minimum atomic E-state index is -3.91.